The third-order valence-electron chi connectivity index (χ3n) is 3.14. The number of rotatable bonds is 4. The second kappa shape index (κ2) is 6.13. The van der Waals surface area contributed by atoms with Gasteiger partial charge in [-0.15, -0.1) is 0 Å². The van der Waals surface area contributed by atoms with Gasteiger partial charge in [0.1, 0.15) is 5.75 Å². The van der Waals surface area contributed by atoms with Crippen molar-refractivity contribution in [3.05, 3.63) is 66.0 Å². The molecule has 0 fully saturated rings. The summed E-state index contributed by atoms with van der Waals surface area (Å²) in [6, 6.07) is 14.7. The minimum absolute atomic E-state index is 0.0491. The lowest BCUT2D eigenvalue weighted by Gasteiger charge is -1.99. The minimum atomic E-state index is 0.0491. The Morgan fingerprint density at radius 3 is 2.59 bits per heavy atom. The van der Waals surface area contributed by atoms with E-state index in [1.165, 1.54) is 4.68 Å². The van der Waals surface area contributed by atoms with E-state index in [0.717, 1.165) is 11.3 Å². The van der Waals surface area contributed by atoms with Crippen molar-refractivity contribution in [2.45, 2.75) is 0 Å². The summed E-state index contributed by atoms with van der Waals surface area (Å²) in [4.78, 5) is 4.16. The van der Waals surface area contributed by atoms with Crippen molar-refractivity contribution in [3.8, 4) is 17.4 Å². The molecule has 0 radical (unpaired) electrons. The molecule has 0 aliphatic heterocycles. The molecule has 3 rings (SSSR count). The van der Waals surface area contributed by atoms with Crippen molar-refractivity contribution in [1.29, 1.82) is 0 Å². The van der Waals surface area contributed by atoms with Gasteiger partial charge in [0.05, 0.1) is 12.8 Å². The molecule has 0 aliphatic carbocycles. The summed E-state index contributed by atoms with van der Waals surface area (Å²) in [6.45, 7) is 0. The fraction of sp³-hybridized carbons (Fsp3) is 0.0588. The normalized spacial score (nSPS) is 11.0. The van der Waals surface area contributed by atoms with E-state index in [2.05, 4.69) is 10.1 Å². The van der Waals surface area contributed by atoms with E-state index >= 15 is 0 Å². The summed E-state index contributed by atoms with van der Waals surface area (Å²) in [5.74, 6) is 1.44. The van der Waals surface area contributed by atoms with Crippen molar-refractivity contribution >= 4 is 12.2 Å². The molecule has 5 nitrogen and oxygen atoms in total. The lowest BCUT2D eigenvalue weighted by molar-refractivity contribution is 0.415. The number of methoxy groups -OCH3 is 1. The first-order chi connectivity index (χ1) is 10.8. The van der Waals surface area contributed by atoms with E-state index in [0.29, 0.717) is 11.5 Å². The number of aromatic hydroxyl groups is 1. The molecule has 0 spiro atoms. The maximum Gasteiger partial charge on any atom is 0.216 e. The number of pyridine rings is 1. The molecule has 2 heterocycles. The summed E-state index contributed by atoms with van der Waals surface area (Å²) >= 11 is 0. The van der Waals surface area contributed by atoms with E-state index in [9.17, 15) is 5.11 Å². The molecule has 1 aromatic carbocycles. The highest BCUT2D eigenvalue weighted by Crippen LogP contribution is 2.18. The van der Waals surface area contributed by atoms with Crippen molar-refractivity contribution in [2.75, 3.05) is 7.11 Å². The standard InChI is InChI=1S/C17H15N3O2/c1-22-15-9-6-13(7-10-15)5-8-14-12-17(21)20(19-14)16-4-2-3-11-18-16/h2-12,21H,1H3. The van der Waals surface area contributed by atoms with E-state index in [4.69, 9.17) is 4.74 Å². The first-order valence-corrected chi connectivity index (χ1v) is 6.79. The first-order valence-electron chi connectivity index (χ1n) is 6.79. The van der Waals surface area contributed by atoms with Crippen molar-refractivity contribution in [3.63, 3.8) is 0 Å². The monoisotopic (exact) mass is 293 g/mol. The second-order valence-electron chi connectivity index (χ2n) is 4.63. The molecule has 0 saturated carbocycles. The topological polar surface area (TPSA) is 60.2 Å². The molecule has 0 amide bonds. The molecular formula is C17H15N3O2. The predicted molar refractivity (Wildman–Crippen MR) is 84.9 cm³/mol. The molecule has 22 heavy (non-hydrogen) atoms. The molecule has 0 bridgehead atoms. The summed E-state index contributed by atoms with van der Waals surface area (Å²) in [5, 5.41) is 14.3. The van der Waals surface area contributed by atoms with Gasteiger partial charge in [0.25, 0.3) is 0 Å². The van der Waals surface area contributed by atoms with Crippen LogP contribution in [0.15, 0.2) is 54.7 Å². The Bertz CT molecular complexity index is 777. The van der Waals surface area contributed by atoms with E-state index < -0.39 is 0 Å². The van der Waals surface area contributed by atoms with Crippen LogP contribution in [0.3, 0.4) is 0 Å². The largest absolute Gasteiger partial charge is 0.497 e. The number of hydrogen-bond donors (Lipinski definition) is 1. The van der Waals surface area contributed by atoms with Crippen LogP contribution in [0.4, 0.5) is 0 Å². The zero-order valence-corrected chi connectivity index (χ0v) is 12.0. The van der Waals surface area contributed by atoms with Gasteiger partial charge in [-0.2, -0.15) is 9.78 Å². The molecule has 2 aromatic heterocycles. The highest BCUT2D eigenvalue weighted by Gasteiger charge is 2.07. The zero-order chi connectivity index (χ0) is 15.4. The Morgan fingerprint density at radius 2 is 1.91 bits per heavy atom. The van der Waals surface area contributed by atoms with Gasteiger partial charge in [-0.3, -0.25) is 0 Å². The van der Waals surface area contributed by atoms with Gasteiger partial charge >= 0.3 is 0 Å². The van der Waals surface area contributed by atoms with Crippen LogP contribution in [0.1, 0.15) is 11.3 Å². The lowest BCUT2D eigenvalue weighted by atomic mass is 10.2. The molecule has 0 aliphatic rings. The van der Waals surface area contributed by atoms with Crippen LogP contribution in [0, 0.1) is 0 Å². The summed E-state index contributed by atoms with van der Waals surface area (Å²) in [7, 11) is 1.64. The fourth-order valence-corrected chi connectivity index (χ4v) is 2.01. The molecule has 0 atom stereocenters. The van der Waals surface area contributed by atoms with Gasteiger partial charge in [-0.1, -0.05) is 24.3 Å². The number of nitrogens with zero attached hydrogens (tertiary/aromatic N) is 3. The molecule has 0 unspecified atom stereocenters. The number of hydrogen-bond acceptors (Lipinski definition) is 4. The van der Waals surface area contributed by atoms with Gasteiger partial charge in [-0.05, 0) is 35.9 Å². The summed E-state index contributed by atoms with van der Waals surface area (Å²) in [5.41, 5.74) is 1.67. The molecule has 3 aromatic rings. The fourth-order valence-electron chi connectivity index (χ4n) is 2.01. The van der Waals surface area contributed by atoms with Gasteiger partial charge in [0.2, 0.25) is 5.88 Å². The lowest BCUT2D eigenvalue weighted by Crippen LogP contribution is -1.98. The van der Waals surface area contributed by atoms with Crippen molar-refractivity contribution in [2.24, 2.45) is 0 Å². The van der Waals surface area contributed by atoms with Crippen LogP contribution in [-0.2, 0) is 0 Å². The van der Waals surface area contributed by atoms with Crippen molar-refractivity contribution < 1.29 is 9.84 Å². The third kappa shape index (κ3) is 2.98. The molecule has 110 valence electrons. The van der Waals surface area contributed by atoms with E-state index in [-0.39, 0.29) is 5.88 Å². The number of aromatic nitrogens is 3. The van der Waals surface area contributed by atoms with Gasteiger partial charge in [0.15, 0.2) is 5.82 Å². The minimum Gasteiger partial charge on any atom is -0.497 e. The Balaban J connectivity index is 1.82. The highest BCUT2D eigenvalue weighted by molar-refractivity contribution is 5.68. The van der Waals surface area contributed by atoms with E-state index in [1.54, 1.807) is 25.4 Å². The predicted octanol–water partition coefficient (Wildman–Crippen LogP) is 3.15. The molecule has 1 N–H and O–H groups in total. The Morgan fingerprint density at radius 1 is 1.09 bits per heavy atom. The van der Waals surface area contributed by atoms with E-state index in [1.807, 2.05) is 48.6 Å². The van der Waals surface area contributed by atoms with Crippen LogP contribution in [0.2, 0.25) is 0 Å². The maximum atomic E-state index is 9.96. The first kappa shape index (κ1) is 13.9. The Kier molecular flexibility index (Phi) is 3.87. The average molecular weight is 293 g/mol. The number of ether oxygens (including phenoxy) is 1. The quantitative estimate of drug-likeness (QED) is 0.802. The van der Waals surface area contributed by atoms with Crippen LogP contribution < -0.4 is 4.74 Å². The van der Waals surface area contributed by atoms with Crippen LogP contribution in [0.25, 0.3) is 18.0 Å². The van der Waals surface area contributed by atoms with Gasteiger partial charge < -0.3 is 9.84 Å². The highest BCUT2D eigenvalue weighted by atomic mass is 16.5. The maximum absolute atomic E-state index is 9.96. The molecule has 0 saturated heterocycles. The summed E-state index contributed by atoms with van der Waals surface area (Å²) in [6.07, 6.45) is 5.41. The zero-order valence-electron chi connectivity index (χ0n) is 12.0. The smallest absolute Gasteiger partial charge is 0.216 e. The number of benzene rings is 1. The third-order valence-corrected chi connectivity index (χ3v) is 3.14. The second-order valence-corrected chi connectivity index (χ2v) is 4.63. The molecular weight excluding hydrogens is 278 g/mol. The SMILES string of the molecule is COc1ccc(C=Cc2cc(O)n(-c3ccccn3)n2)cc1. The van der Waals surface area contributed by atoms with Gasteiger partial charge in [0, 0.05) is 12.3 Å². The van der Waals surface area contributed by atoms with Crippen LogP contribution in [0.5, 0.6) is 11.6 Å². The Hall–Kier alpha value is -3.08. The average Bonchev–Trinajstić information content (AvgIpc) is 2.95. The molecule has 5 heteroatoms. The van der Waals surface area contributed by atoms with Crippen LogP contribution in [-0.4, -0.2) is 27.0 Å². The summed E-state index contributed by atoms with van der Waals surface area (Å²) < 4.78 is 6.52. The van der Waals surface area contributed by atoms with Gasteiger partial charge in [-0.25, -0.2) is 4.98 Å². The van der Waals surface area contributed by atoms with Crippen LogP contribution >= 0.6 is 0 Å². The Labute approximate surface area is 128 Å². The van der Waals surface area contributed by atoms with Crippen molar-refractivity contribution in [1.82, 2.24) is 14.8 Å².